The molecule has 170 valence electrons. The summed E-state index contributed by atoms with van der Waals surface area (Å²) in [4.78, 5) is 10.9. The number of nitrogens with one attached hydrogen (secondary N) is 2. The lowest BCUT2D eigenvalue weighted by Gasteiger charge is -2.22. The molecule has 1 unspecified atom stereocenters. The van der Waals surface area contributed by atoms with E-state index in [1.54, 1.807) is 13.3 Å². The van der Waals surface area contributed by atoms with Crippen LogP contribution in [0.4, 0.5) is 5.69 Å². The molecule has 0 saturated carbocycles. The van der Waals surface area contributed by atoms with Crippen molar-refractivity contribution in [2.24, 2.45) is 4.99 Å². The van der Waals surface area contributed by atoms with Crippen molar-refractivity contribution in [2.45, 2.75) is 25.6 Å². The van der Waals surface area contributed by atoms with Crippen molar-refractivity contribution in [3.05, 3.63) is 78.4 Å². The number of hydrogen-bond acceptors (Lipinski definition) is 4. The van der Waals surface area contributed by atoms with Gasteiger partial charge in [-0.2, -0.15) is 0 Å². The van der Waals surface area contributed by atoms with E-state index in [0.29, 0.717) is 6.04 Å². The maximum atomic E-state index is 5.52. The summed E-state index contributed by atoms with van der Waals surface area (Å²) in [6, 6.07) is 17.2. The van der Waals surface area contributed by atoms with Gasteiger partial charge in [0.2, 0.25) is 0 Å². The van der Waals surface area contributed by atoms with Crippen LogP contribution in [0.3, 0.4) is 0 Å². The van der Waals surface area contributed by atoms with Gasteiger partial charge in [-0.15, -0.1) is 24.0 Å². The second-order valence-corrected chi connectivity index (χ2v) is 7.73. The van der Waals surface area contributed by atoms with Crippen LogP contribution >= 0.6 is 24.0 Å². The Morgan fingerprint density at radius 3 is 2.66 bits per heavy atom. The number of nitrogens with zero attached hydrogens (tertiary/aromatic N) is 4. The topological polar surface area (TPSA) is 66.7 Å². The quantitative estimate of drug-likeness (QED) is 0.270. The molecule has 1 atom stereocenters. The molecule has 1 aliphatic heterocycles. The van der Waals surface area contributed by atoms with E-state index < -0.39 is 0 Å². The lowest BCUT2D eigenvalue weighted by atomic mass is 10.1. The zero-order valence-electron chi connectivity index (χ0n) is 18.6. The molecule has 0 spiro atoms. The van der Waals surface area contributed by atoms with Crippen LogP contribution in [0.2, 0.25) is 0 Å². The Labute approximate surface area is 206 Å². The second-order valence-electron chi connectivity index (χ2n) is 7.73. The number of imidazole rings is 1. The number of ether oxygens (including phenoxy) is 1. The van der Waals surface area contributed by atoms with E-state index in [-0.39, 0.29) is 24.0 Å². The van der Waals surface area contributed by atoms with Crippen LogP contribution in [-0.2, 0) is 13.1 Å². The van der Waals surface area contributed by atoms with Gasteiger partial charge < -0.3 is 24.8 Å². The van der Waals surface area contributed by atoms with E-state index in [1.165, 1.54) is 11.1 Å². The molecule has 0 amide bonds. The van der Waals surface area contributed by atoms with E-state index in [2.05, 4.69) is 66.5 Å². The molecule has 1 aromatic heterocycles. The molecule has 8 heteroatoms. The summed E-state index contributed by atoms with van der Waals surface area (Å²) in [5.41, 5.74) is 3.62. The lowest BCUT2D eigenvalue weighted by molar-refractivity contribution is 0.415. The summed E-state index contributed by atoms with van der Waals surface area (Å²) in [5.74, 6) is 1.75. The number of aromatic nitrogens is 2. The minimum absolute atomic E-state index is 0. The van der Waals surface area contributed by atoms with Gasteiger partial charge in [0, 0.05) is 51.7 Å². The third kappa shape index (κ3) is 6.15. The number of guanidine groups is 1. The summed E-state index contributed by atoms with van der Waals surface area (Å²) < 4.78 is 7.58. The Kier molecular flexibility index (Phi) is 8.78. The third-order valence-electron chi connectivity index (χ3n) is 5.59. The van der Waals surface area contributed by atoms with Gasteiger partial charge in [0.25, 0.3) is 0 Å². The van der Waals surface area contributed by atoms with E-state index in [4.69, 9.17) is 4.74 Å². The van der Waals surface area contributed by atoms with Crippen LogP contribution in [-0.4, -0.2) is 48.8 Å². The molecule has 2 aromatic carbocycles. The molecule has 1 aliphatic rings. The summed E-state index contributed by atoms with van der Waals surface area (Å²) in [6.07, 6.45) is 6.67. The lowest BCUT2D eigenvalue weighted by Crippen LogP contribution is -2.44. The number of anilines is 1. The fourth-order valence-electron chi connectivity index (χ4n) is 3.92. The van der Waals surface area contributed by atoms with Crippen LogP contribution in [0.5, 0.6) is 5.75 Å². The standard InChI is InChI=1S/C24H30N6O.HI/c1-25-24(27-15-19-7-9-20(10-8-19)16-29-14-12-26-18-29)28-21-11-13-30(17-21)22-5-3-4-6-23(22)31-2;/h3-10,12,14,18,21H,11,13,15-17H2,1-2H3,(H2,25,27,28);1H. The molecule has 0 radical (unpaired) electrons. The van der Waals surface area contributed by atoms with Crippen molar-refractivity contribution < 1.29 is 4.74 Å². The van der Waals surface area contributed by atoms with Crippen molar-refractivity contribution >= 4 is 35.6 Å². The van der Waals surface area contributed by atoms with Crippen molar-refractivity contribution in [3.8, 4) is 5.75 Å². The molecule has 1 saturated heterocycles. The van der Waals surface area contributed by atoms with E-state index >= 15 is 0 Å². The summed E-state index contributed by atoms with van der Waals surface area (Å²) in [6.45, 7) is 3.48. The van der Waals surface area contributed by atoms with Gasteiger partial charge in [0.15, 0.2) is 5.96 Å². The van der Waals surface area contributed by atoms with Crippen molar-refractivity contribution in [2.75, 3.05) is 32.1 Å². The Morgan fingerprint density at radius 2 is 1.94 bits per heavy atom. The monoisotopic (exact) mass is 546 g/mol. The Hall–Kier alpha value is -2.75. The van der Waals surface area contributed by atoms with E-state index in [1.807, 2.05) is 31.7 Å². The number of aliphatic imine (C=N–C) groups is 1. The summed E-state index contributed by atoms with van der Waals surface area (Å²) in [5, 5.41) is 7.00. The maximum absolute atomic E-state index is 5.52. The first-order valence-corrected chi connectivity index (χ1v) is 10.6. The Balaban J connectivity index is 0.00000289. The van der Waals surface area contributed by atoms with Gasteiger partial charge in [-0.05, 0) is 29.7 Å². The Morgan fingerprint density at radius 1 is 1.16 bits per heavy atom. The molecule has 7 nitrogen and oxygen atoms in total. The Bertz CT molecular complexity index is 990. The van der Waals surface area contributed by atoms with Gasteiger partial charge >= 0.3 is 0 Å². The molecule has 3 aromatic rings. The highest BCUT2D eigenvalue weighted by Gasteiger charge is 2.25. The predicted molar refractivity (Wildman–Crippen MR) is 140 cm³/mol. The van der Waals surface area contributed by atoms with Crippen LogP contribution < -0.4 is 20.3 Å². The maximum Gasteiger partial charge on any atom is 0.191 e. The molecule has 32 heavy (non-hydrogen) atoms. The molecule has 1 fully saturated rings. The molecular weight excluding hydrogens is 515 g/mol. The zero-order chi connectivity index (χ0) is 21.5. The highest BCUT2D eigenvalue weighted by Crippen LogP contribution is 2.30. The number of halogens is 1. The minimum atomic E-state index is 0. The second kappa shape index (κ2) is 11.8. The van der Waals surface area contributed by atoms with Crippen molar-refractivity contribution in [1.82, 2.24) is 20.2 Å². The third-order valence-corrected chi connectivity index (χ3v) is 5.59. The fraction of sp³-hybridized carbons (Fsp3) is 0.333. The van der Waals surface area contributed by atoms with Gasteiger partial charge in [0.1, 0.15) is 5.75 Å². The van der Waals surface area contributed by atoms with Crippen LogP contribution in [0.25, 0.3) is 0 Å². The van der Waals surface area contributed by atoms with Gasteiger partial charge in [-0.3, -0.25) is 4.99 Å². The zero-order valence-corrected chi connectivity index (χ0v) is 20.9. The minimum Gasteiger partial charge on any atom is -0.495 e. The van der Waals surface area contributed by atoms with Crippen LogP contribution in [0.15, 0.2) is 72.2 Å². The first-order valence-electron chi connectivity index (χ1n) is 10.6. The first kappa shape index (κ1) is 23.9. The van der Waals surface area contributed by atoms with Gasteiger partial charge in [0.05, 0.1) is 19.1 Å². The number of para-hydroxylation sites is 2. The largest absolute Gasteiger partial charge is 0.495 e. The SMILES string of the molecule is CN=C(NCc1ccc(Cn2ccnc2)cc1)NC1CCN(c2ccccc2OC)C1.I. The molecule has 2 N–H and O–H groups in total. The molecule has 2 heterocycles. The fourth-order valence-corrected chi connectivity index (χ4v) is 3.92. The highest BCUT2D eigenvalue weighted by atomic mass is 127. The number of hydrogen-bond donors (Lipinski definition) is 2. The molecular formula is C24H31IN6O. The first-order chi connectivity index (χ1) is 15.2. The number of methoxy groups -OCH3 is 1. The molecule has 0 bridgehead atoms. The average molecular weight is 546 g/mol. The van der Waals surface area contributed by atoms with Crippen LogP contribution in [0, 0.1) is 0 Å². The highest BCUT2D eigenvalue weighted by molar-refractivity contribution is 14.0. The van der Waals surface area contributed by atoms with E-state index in [0.717, 1.165) is 50.0 Å². The normalized spacial score (nSPS) is 15.9. The smallest absolute Gasteiger partial charge is 0.191 e. The van der Waals surface area contributed by atoms with Crippen molar-refractivity contribution in [3.63, 3.8) is 0 Å². The number of rotatable bonds is 7. The number of benzene rings is 2. The summed E-state index contributed by atoms with van der Waals surface area (Å²) in [7, 11) is 3.54. The van der Waals surface area contributed by atoms with Crippen molar-refractivity contribution in [1.29, 1.82) is 0 Å². The van der Waals surface area contributed by atoms with E-state index in [9.17, 15) is 0 Å². The molecule has 0 aliphatic carbocycles. The molecule has 4 rings (SSSR count). The summed E-state index contributed by atoms with van der Waals surface area (Å²) >= 11 is 0. The van der Waals surface area contributed by atoms with Crippen LogP contribution in [0.1, 0.15) is 17.5 Å². The van der Waals surface area contributed by atoms with Gasteiger partial charge in [-0.25, -0.2) is 4.98 Å². The average Bonchev–Trinajstić information content (AvgIpc) is 3.50. The van der Waals surface area contributed by atoms with Gasteiger partial charge in [-0.1, -0.05) is 36.4 Å². The predicted octanol–water partition coefficient (Wildman–Crippen LogP) is 3.50.